The van der Waals surface area contributed by atoms with Gasteiger partial charge in [-0.2, -0.15) is 0 Å². The van der Waals surface area contributed by atoms with Crippen LogP contribution in [0.1, 0.15) is 47.0 Å². The van der Waals surface area contributed by atoms with Gasteiger partial charge in [0.05, 0.1) is 0 Å². The zero-order chi connectivity index (χ0) is 11.5. The fraction of sp³-hybridized carbons (Fsp3) is 0.923. The molecule has 0 aromatic heterocycles. The molecule has 1 aliphatic heterocycles. The molecule has 0 aliphatic carbocycles. The molecule has 15 heavy (non-hydrogen) atoms. The molecule has 1 rings (SSSR count). The highest BCUT2D eigenvalue weighted by Gasteiger charge is 2.34. The first-order valence-corrected chi connectivity index (χ1v) is 6.09. The number of carbonyl (C=O) groups excluding carboxylic acids is 1. The second-order valence-electron chi connectivity index (χ2n) is 5.49. The van der Waals surface area contributed by atoms with Gasteiger partial charge in [0.2, 0.25) is 0 Å². The van der Waals surface area contributed by atoms with E-state index in [1.807, 2.05) is 6.92 Å². The summed E-state index contributed by atoms with van der Waals surface area (Å²) in [6.45, 7) is 10.0. The Hall–Kier alpha value is -0.370. The van der Waals surface area contributed by atoms with E-state index in [0.717, 1.165) is 32.5 Å². The van der Waals surface area contributed by atoms with Crippen LogP contribution in [0, 0.1) is 17.3 Å². The second-order valence-corrected chi connectivity index (χ2v) is 5.49. The Labute approximate surface area is 93.4 Å². The number of carbonyl (C=O) groups is 1. The van der Waals surface area contributed by atoms with Gasteiger partial charge in [0, 0.05) is 24.5 Å². The first-order valence-electron chi connectivity index (χ1n) is 6.09. The number of ketones is 1. The van der Waals surface area contributed by atoms with Crippen LogP contribution in [0.2, 0.25) is 0 Å². The van der Waals surface area contributed by atoms with Gasteiger partial charge in [-0.05, 0) is 25.2 Å². The van der Waals surface area contributed by atoms with Gasteiger partial charge in [-0.3, -0.25) is 4.79 Å². The summed E-state index contributed by atoms with van der Waals surface area (Å²) in [7, 11) is 0. The molecular formula is C13H24O2. The average molecular weight is 212 g/mol. The van der Waals surface area contributed by atoms with E-state index in [1.165, 1.54) is 0 Å². The Morgan fingerprint density at radius 3 is 2.67 bits per heavy atom. The van der Waals surface area contributed by atoms with Gasteiger partial charge in [0.15, 0.2) is 0 Å². The van der Waals surface area contributed by atoms with Crippen LogP contribution in [0.5, 0.6) is 0 Å². The number of Topliss-reactive ketones (excluding diaryl/α,β-unsaturated/α-hetero) is 1. The van der Waals surface area contributed by atoms with Crippen molar-refractivity contribution < 1.29 is 9.53 Å². The number of ether oxygens (including phenoxy) is 1. The van der Waals surface area contributed by atoms with Gasteiger partial charge >= 0.3 is 0 Å². The third-order valence-corrected chi connectivity index (χ3v) is 3.55. The Bertz CT molecular complexity index is 215. The lowest BCUT2D eigenvalue weighted by molar-refractivity contribution is -0.131. The molecule has 88 valence electrons. The van der Waals surface area contributed by atoms with E-state index in [-0.39, 0.29) is 11.3 Å². The molecule has 0 N–H and O–H groups in total. The second kappa shape index (κ2) is 5.11. The topological polar surface area (TPSA) is 26.3 Å². The molecule has 0 saturated carbocycles. The zero-order valence-electron chi connectivity index (χ0n) is 10.5. The highest BCUT2D eigenvalue weighted by atomic mass is 16.5. The molecule has 1 saturated heterocycles. The fourth-order valence-electron chi connectivity index (χ4n) is 2.42. The summed E-state index contributed by atoms with van der Waals surface area (Å²) in [6, 6.07) is 0. The lowest BCUT2D eigenvalue weighted by Crippen LogP contribution is -2.31. The first-order chi connectivity index (χ1) is 6.97. The maximum Gasteiger partial charge on any atom is 0.141 e. The maximum atomic E-state index is 12.1. The van der Waals surface area contributed by atoms with Crippen LogP contribution in [0.3, 0.4) is 0 Å². The van der Waals surface area contributed by atoms with Crippen molar-refractivity contribution >= 4 is 5.78 Å². The number of hydrogen-bond acceptors (Lipinski definition) is 2. The molecule has 0 aromatic carbocycles. The summed E-state index contributed by atoms with van der Waals surface area (Å²) in [4.78, 5) is 12.1. The molecular weight excluding hydrogens is 188 g/mol. The first kappa shape index (κ1) is 12.7. The number of hydrogen-bond donors (Lipinski definition) is 0. The smallest absolute Gasteiger partial charge is 0.141 e. The Balaban J connectivity index is 2.52. The van der Waals surface area contributed by atoms with E-state index in [1.54, 1.807) is 0 Å². The summed E-state index contributed by atoms with van der Waals surface area (Å²) >= 11 is 0. The zero-order valence-corrected chi connectivity index (χ0v) is 10.5. The molecule has 2 nitrogen and oxygen atoms in total. The van der Waals surface area contributed by atoms with Crippen molar-refractivity contribution in [1.82, 2.24) is 0 Å². The summed E-state index contributed by atoms with van der Waals surface area (Å²) in [5.41, 5.74) is -0.173. The van der Waals surface area contributed by atoms with Crippen molar-refractivity contribution in [3.05, 3.63) is 0 Å². The van der Waals surface area contributed by atoms with Gasteiger partial charge in [-0.1, -0.05) is 27.7 Å². The summed E-state index contributed by atoms with van der Waals surface area (Å²) in [5.74, 6) is 1.20. The van der Waals surface area contributed by atoms with E-state index < -0.39 is 0 Å². The van der Waals surface area contributed by atoms with Crippen molar-refractivity contribution in [2.24, 2.45) is 17.3 Å². The normalized spacial score (nSPS) is 24.1. The van der Waals surface area contributed by atoms with Crippen LogP contribution in [0.4, 0.5) is 0 Å². The third kappa shape index (κ3) is 3.30. The minimum Gasteiger partial charge on any atom is -0.381 e. The minimum absolute atomic E-state index is 0.173. The molecule has 1 heterocycles. The van der Waals surface area contributed by atoms with Crippen molar-refractivity contribution in [3.8, 4) is 0 Å². The summed E-state index contributed by atoms with van der Waals surface area (Å²) in [5, 5.41) is 0. The Kier molecular flexibility index (Phi) is 4.32. The quantitative estimate of drug-likeness (QED) is 0.700. The molecule has 0 aromatic rings. The average Bonchev–Trinajstić information content (AvgIpc) is 2.67. The van der Waals surface area contributed by atoms with Crippen molar-refractivity contribution in [3.63, 3.8) is 0 Å². The van der Waals surface area contributed by atoms with Crippen molar-refractivity contribution in [1.29, 1.82) is 0 Å². The van der Waals surface area contributed by atoms with Crippen LogP contribution < -0.4 is 0 Å². The predicted molar refractivity (Wildman–Crippen MR) is 61.8 cm³/mol. The van der Waals surface area contributed by atoms with Crippen molar-refractivity contribution in [2.75, 3.05) is 13.2 Å². The fourth-order valence-corrected chi connectivity index (χ4v) is 2.42. The largest absolute Gasteiger partial charge is 0.381 e. The lowest BCUT2D eigenvalue weighted by atomic mass is 9.74. The molecule has 1 aliphatic rings. The molecule has 2 heteroatoms. The van der Waals surface area contributed by atoms with Crippen LogP contribution in [0.25, 0.3) is 0 Å². The molecule has 0 amide bonds. The predicted octanol–water partition coefficient (Wildman–Crippen LogP) is 3.05. The molecule has 1 unspecified atom stereocenters. The molecule has 0 radical (unpaired) electrons. The van der Waals surface area contributed by atoms with Gasteiger partial charge in [-0.25, -0.2) is 0 Å². The van der Waals surface area contributed by atoms with Crippen LogP contribution in [-0.4, -0.2) is 19.0 Å². The maximum absolute atomic E-state index is 12.1. The minimum atomic E-state index is -0.173. The standard InChI is InChI=1S/C13H24O2/c1-5-10(2)12(14)13(3,4)8-11-6-7-15-9-11/h10-11H,5-9H2,1-4H3/t10-,11?/m0/s1. The van der Waals surface area contributed by atoms with Gasteiger partial charge in [0.1, 0.15) is 5.78 Å². The summed E-state index contributed by atoms with van der Waals surface area (Å²) in [6.07, 6.45) is 3.05. The molecule has 1 fully saturated rings. The molecule has 0 spiro atoms. The number of rotatable bonds is 5. The van der Waals surface area contributed by atoms with Gasteiger partial charge < -0.3 is 4.74 Å². The molecule has 0 bridgehead atoms. The van der Waals surface area contributed by atoms with Gasteiger partial charge in [-0.15, -0.1) is 0 Å². The SMILES string of the molecule is CC[C@H](C)C(=O)C(C)(C)CC1CCOC1. The summed E-state index contributed by atoms with van der Waals surface area (Å²) < 4.78 is 5.36. The van der Waals surface area contributed by atoms with E-state index in [9.17, 15) is 4.79 Å². The lowest BCUT2D eigenvalue weighted by Gasteiger charge is -2.28. The van der Waals surface area contributed by atoms with Crippen LogP contribution in [-0.2, 0) is 9.53 Å². The van der Waals surface area contributed by atoms with Gasteiger partial charge in [0.25, 0.3) is 0 Å². The van der Waals surface area contributed by atoms with Crippen LogP contribution in [0.15, 0.2) is 0 Å². The Morgan fingerprint density at radius 2 is 2.20 bits per heavy atom. The highest BCUT2D eigenvalue weighted by molar-refractivity contribution is 5.85. The van der Waals surface area contributed by atoms with Crippen LogP contribution >= 0.6 is 0 Å². The molecule has 2 atom stereocenters. The van der Waals surface area contributed by atoms with E-state index >= 15 is 0 Å². The third-order valence-electron chi connectivity index (χ3n) is 3.55. The highest BCUT2D eigenvalue weighted by Crippen LogP contribution is 2.33. The van der Waals surface area contributed by atoms with E-state index in [4.69, 9.17) is 4.74 Å². The van der Waals surface area contributed by atoms with E-state index in [2.05, 4.69) is 20.8 Å². The monoisotopic (exact) mass is 212 g/mol. The van der Waals surface area contributed by atoms with E-state index in [0.29, 0.717) is 11.7 Å². The van der Waals surface area contributed by atoms with Crippen molar-refractivity contribution in [2.45, 2.75) is 47.0 Å². The Morgan fingerprint density at radius 1 is 1.53 bits per heavy atom.